The van der Waals surface area contributed by atoms with Crippen molar-refractivity contribution in [2.24, 2.45) is 0 Å². The molecule has 4 aliphatic heterocycles. The van der Waals surface area contributed by atoms with Gasteiger partial charge in [0.1, 0.15) is 6.04 Å². The van der Waals surface area contributed by atoms with Crippen molar-refractivity contribution in [3.05, 3.63) is 70.6 Å². The molecule has 2 N–H and O–H groups in total. The first kappa shape index (κ1) is 30.2. The molecule has 4 amide bonds. The number of fused-ring (bicyclic) bond motifs is 3. The van der Waals surface area contributed by atoms with Gasteiger partial charge in [-0.05, 0) is 98.5 Å². The van der Waals surface area contributed by atoms with Crippen molar-refractivity contribution in [1.82, 2.24) is 25.3 Å². The van der Waals surface area contributed by atoms with Crippen LogP contribution < -0.4 is 10.6 Å². The minimum absolute atomic E-state index is 0.0175. The van der Waals surface area contributed by atoms with Crippen molar-refractivity contribution in [2.75, 3.05) is 45.8 Å². The summed E-state index contributed by atoms with van der Waals surface area (Å²) in [4.78, 5) is 46.8. The number of piperidine rings is 3. The quantitative estimate of drug-likeness (QED) is 0.395. The van der Waals surface area contributed by atoms with E-state index in [-0.39, 0.29) is 23.3 Å². The van der Waals surface area contributed by atoms with Crippen LogP contribution in [0.25, 0.3) is 10.1 Å². The Balaban J connectivity index is 1.02. The van der Waals surface area contributed by atoms with E-state index < -0.39 is 6.04 Å². The van der Waals surface area contributed by atoms with E-state index >= 15 is 0 Å². The average Bonchev–Trinajstić information content (AvgIpc) is 3.52. The van der Waals surface area contributed by atoms with Crippen LogP contribution >= 0.6 is 11.3 Å². The molecule has 1 aromatic heterocycles. The smallest absolute Gasteiger partial charge is 0.318 e. The Morgan fingerprint density at radius 3 is 2.44 bits per heavy atom. The van der Waals surface area contributed by atoms with Gasteiger partial charge < -0.3 is 25.3 Å². The third-order valence-corrected chi connectivity index (χ3v) is 11.9. The first-order valence-corrected chi connectivity index (χ1v) is 17.8. The molecule has 0 radical (unpaired) electrons. The lowest BCUT2D eigenvalue weighted by Crippen LogP contribution is -2.58. The minimum Gasteiger partial charge on any atom is -0.351 e. The monoisotopic (exact) mass is 627 g/mol. The van der Waals surface area contributed by atoms with Crippen LogP contribution in [0.3, 0.4) is 0 Å². The highest BCUT2D eigenvalue weighted by molar-refractivity contribution is 7.17. The van der Waals surface area contributed by atoms with Crippen LogP contribution in [0.15, 0.2) is 53.9 Å². The van der Waals surface area contributed by atoms with Crippen molar-refractivity contribution in [3.63, 3.8) is 0 Å². The molecular weight excluding hydrogens is 582 g/mol. The highest BCUT2D eigenvalue weighted by atomic mass is 32.1. The molecule has 3 aromatic rings. The van der Waals surface area contributed by atoms with Crippen LogP contribution in [0.1, 0.15) is 72.9 Å². The fraction of sp³-hybridized carbons (Fsp3) is 0.528. The topological polar surface area (TPSA) is 85.0 Å². The zero-order valence-corrected chi connectivity index (χ0v) is 27.0. The predicted molar refractivity (Wildman–Crippen MR) is 179 cm³/mol. The van der Waals surface area contributed by atoms with Crippen LogP contribution in [0.2, 0.25) is 0 Å². The maximum Gasteiger partial charge on any atom is 0.318 e. The molecule has 3 saturated heterocycles. The highest BCUT2D eigenvalue weighted by Gasteiger charge is 2.43. The second-order valence-corrected chi connectivity index (χ2v) is 14.4. The third kappa shape index (κ3) is 6.21. The standard InChI is InChI=1S/C36H45N5O3S/c42-33-29-9-2-4-10-30(29)36(25-37-33)16-22-41(23-17-36)35(44)38-31(13-12-26-24-45-32-11-5-3-8-28(26)32)34(43)40-20-14-27(15-21-40)39-18-6-1-7-19-39/h2-5,8-11,24,27,31H,1,6-7,12-23,25H2,(H,37,42)(H,38,44). The Labute approximate surface area is 270 Å². The Bertz CT molecular complexity index is 1530. The molecule has 238 valence electrons. The molecule has 45 heavy (non-hydrogen) atoms. The number of aryl methyl sites for hydroxylation is 1. The SMILES string of the molecule is O=C1NCC2(CCN(C(=O)NC(CCc3csc4ccccc34)C(=O)N3CCC(N4CCCCC4)CC3)CC2)c2ccccc21. The third-order valence-electron chi connectivity index (χ3n) is 10.9. The van der Waals surface area contributed by atoms with Gasteiger partial charge in [-0.25, -0.2) is 4.79 Å². The Kier molecular flexibility index (Phi) is 8.82. The van der Waals surface area contributed by atoms with E-state index in [0.29, 0.717) is 32.1 Å². The molecule has 9 heteroatoms. The zero-order chi connectivity index (χ0) is 30.8. The summed E-state index contributed by atoms with van der Waals surface area (Å²) in [6.07, 6.45) is 8.78. The summed E-state index contributed by atoms with van der Waals surface area (Å²) in [5.41, 5.74) is 2.93. The van der Waals surface area contributed by atoms with Gasteiger partial charge in [-0.1, -0.05) is 42.8 Å². The van der Waals surface area contributed by atoms with E-state index in [9.17, 15) is 14.4 Å². The van der Waals surface area contributed by atoms with Crippen LogP contribution in [0, 0.1) is 0 Å². The van der Waals surface area contributed by atoms with E-state index in [0.717, 1.165) is 56.3 Å². The van der Waals surface area contributed by atoms with Gasteiger partial charge in [0.15, 0.2) is 0 Å². The van der Waals surface area contributed by atoms with Gasteiger partial charge >= 0.3 is 6.03 Å². The van der Waals surface area contributed by atoms with Gasteiger partial charge in [0.05, 0.1) is 0 Å². The maximum atomic E-state index is 14.1. The summed E-state index contributed by atoms with van der Waals surface area (Å²) < 4.78 is 1.25. The van der Waals surface area contributed by atoms with E-state index in [2.05, 4.69) is 51.2 Å². The number of carbonyl (C=O) groups excluding carboxylic acids is 3. The van der Waals surface area contributed by atoms with Gasteiger partial charge in [0, 0.05) is 54.4 Å². The molecule has 1 atom stereocenters. The van der Waals surface area contributed by atoms with E-state index in [1.807, 2.05) is 28.0 Å². The van der Waals surface area contributed by atoms with Gasteiger partial charge in [-0.15, -0.1) is 11.3 Å². The molecule has 5 heterocycles. The lowest BCUT2D eigenvalue weighted by Gasteiger charge is -2.45. The number of hydrogen-bond donors (Lipinski definition) is 2. The largest absolute Gasteiger partial charge is 0.351 e. The number of nitrogens with one attached hydrogen (secondary N) is 2. The molecule has 4 aliphatic rings. The molecule has 2 aromatic carbocycles. The van der Waals surface area contributed by atoms with Gasteiger partial charge in [0.25, 0.3) is 5.91 Å². The summed E-state index contributed by atoms with van der Waals surface area (Å²) >= 11 is 1.74. The van der Waals surface area contributed by atoms with Crippen molar-refractivity contribution in [3.8, 4) is 0 Å². The highest BCUT2D eigenvalue weighted by Crippen LogP contribution is 2.39. The fourth-order valence-corrected chi connectivity index (χ4v) is 9.14. The van der Waals surface area contributed by atoms with E-state index in [4.69, 9.17) is 0 Å². The van der Waals surface area contributed by atoms with Crippen LogP contribution in [-0.4, -0.2) is 90.4 Å². The number of hydrogen-bond acceptors (Lipinski definition) is 5. The number of benzene rings is 2. The average molecular weight is 628 g/mol. The minimum atomic E-state index is -0.562. The second-order valence-electron chi connectivity index (χ2n) is 13.4. The molecule has 7 rings (SSSR count). The van der Waals surface area contributed by atoms with Crippen LogP contribution in [0.4, 0.5) is 4.79 Å². The number of carbonyl (C=O) groups is 3. The van der Waals surface area contributed by atoms with Crippen molar-refractivity contribution >= 4 is 39.3 Å². The number of thiophene rings is 1. The van der Waals surface area contributed by atoms with Gasteiger partial charge in [0.2, 0.25) is 5.91 Å². The van der Waals surface area contributed by atoms with Crippen molar-refractivity contribution in [2.45, 2.75) is 75.3 Å². The summed E-state index contributed by atoms with van der Waals surface area (Å²) in [6, 6.07) is 16.1. The summed E-state index contributed by atoms with van der Waals surface area (Å²) in [5, 5.41) is 9.72. The molecule has 8 nitrogen and oxygen atoms in total. The van der Waals surface area contributed by atoms with Crippen molar-refractivity contribution < 1.29 is 14.4 Å². The lowest BCUT2D eigenvalue weighted by molar-refractivity contribution is -0.135. The second kappa shape index (κ2) is 13.1. The normalized spacial score (nSPS) is 21.4. The Morgan fingerprint density at radius 1 is 0.911 bits per heavy atom. The van der Waals surface area contributed by atoms with Gasteiger partial charge in [-0.3, -0.25) is 9.59 Å². The van der Waals surface area contributed by atoms with E-state index in [1.54, 1.807) is 11.3 Å². The fourth-order valence-electron chi connectivity index (χ4n) is 8.15. The maximum absolute atomic E-state index is 14.1. The predicted octanol–water partition coefficient (Wildman–Crippen LogP) is 5.17. The number of urea groups is 1. The number of amides is 4. The van der Waals surface area contributed by atoms with E-state index in [1.165, 1.54) is 48.0 Å². The number of nitrogens with zero attached hydrogens (tertiary/aromatic N) is 3. The molecule has 0 aliphatic carbocycles. The Hall–Kier alpha value is -3.43. The summed E-state index contributed by atoms with van der Waals surface area (Å²) in [6.45, 7) is 5.65. The van der Waals surface area contributed by atoms with Gasteiger partial charge in [-0.2, -0.15) is 0 Å². The molecule has 0 saturated carbocycles. The first-order chi connectivity index (χ1) is 22.0. The molecular formula is C36H45N5O3S. The Morgan fingerprint density at radius 2 is 1.64 bits per heavy atom. The summed E-state index contributed by atoms with van der Waals surface area (Å²) in [5.74, 6) is 0.0356. The number of rotatable bonds is 6. The van der Waals surface area contributed by atoms with Crippen molar-refractivity contribution in [1.29, 1.82) is 0 Å². The molecule has 1 spiro atoms. The molecule has 1 unspecified atom stereocenters. The summed E-state index contributed by atoms with van der Waals surface area (Å²) in [7, 11) is 0. The van der Waals surface area contributed by atoms with Crippen LogP contribution in [-0.2, 0) is 16.6 Å². The molecule has 0 bridgehead atoms. The molecule has 3 fully saturated rings. The zero-order valence-electron chi connectivity index (χ0n) is 26.1. The lowest BCUT2D eigenvalue weighted by atomic mass is 9.69. The number of likely N-dealkylation sites (tertiary alicyclic amines) is 3. The van der Waals surface area contributed by atoms with Crippen LogP contribution in [0.5, 0.6) is 0 Å². The first-order valence-electron chi connectivity index (χ1n) is 16.9.